The molecule has 0 aliphatic carbocycles. The topological polar surface area (TPSA) is 37.5 Å². The Balaban J connectivity index is 2.05. The van der Waals surface area contributed by atoms with Gasteiger partial charge in [0.05, 0.1) is 6.21 Å². The number of rotatable bonds is 3. The fourth-order valence-corrected chi connectivity index (χ4v) is 2.36. The zero-order valence-corrected chi connectivity index (χ0v) is 10.7. The second kappa shape index (κ2) is 5.17. The fourth-order valence-electron chi connectivity index (χ4n) is 2.36. The van der Waals surface area contributed by atoms with Gasteiger partial charge >= 0.3 is 0 Å². The van der Waals surface area contributed by atoms with Crippen LogP contribution in [-0.2, 0) is 6.54 Å². The van der Waals surface area contributed by atoms with Crippen molar-refractivity contribution in [3.05, 3.63) is 71.7 Å². The Bertz CT molecular complexity index is 760. The third-order valence-electron chi connectivity index (χ3n) is 3.28. The Morgan fingerprint density at radius 2 is 1.85 bits per heavy atom. The molecule has 3 rings (SSSR count). The van der Waals surface area contributed by atoms with Gasteiger partial charge in [0.25, 0.3) is 0 Å². The molecule has 0 fully saturated rings. The molecule has 0 saturated heterocycles. The molecule has 0 saturated carbocycles. The number of aromatic nitrogens is 1. The van der Waals surface area contributed by atoms with Gasteiger partial charge in [-0.2, -0.15) is 0 Å². The van der Waals surface area contributed by atoms with Crippen LogP contribution in [0.3, 0.4) is 0 Å². The molecule has 1 heterocycles. The quantitative estimate of drug-likeness (QED) is 0.439. The molecule has 0 bridgehead atoms. The smallest absolute Gasteiger partial charge is 0.123 e. The summed E-state index contributed by atoms with van der Waals surface area (Å²) in [5, 5.41) is 12.8. The minimum Gasteiger partial charge on any atom is -0.411 e. The summed E-state index contributed by atoms with van der Waals surface area (Å²) in [5.74, 6) is -0.237. The SMILES string of the molecule is O/N=C\c1cn(Cc2ccc(F)cc2)c2ccccc12. The van der Waals surface area contributed by atoms with Crippen LogP contribution in [-0.4, -0.2) is 16.0 Å². The summed E-state index contributed by atoms with van der Waals surface area (Å²) in [4.78, 5) is 0. The first-order chi connectivity index (χ1) is 9.78. The molecule has 3 nitrogen and oxygen atoms in total. The number of hydrogen-bond donors (Lipinski definition) is 1. The lowest BCUT2D eigenvalue weighted by Crippen LogP contribution is -1.97. The minimum atomic E-state index is -0.237. The van der Waals surface area contributed by atoms with Crippen LogP contribution in [0.2, 0.25) is 0 Å². The van der Waals surface area contributed by atoms with Gasteiger partial charge in [0.1, 0.15) is 5.82 Å². The molecule has 0 unspecified atom stereocenters. The zero-order chi connectivity index (χ0) is 13.9. The lowest BCUT2D eigenvalue weighted by atomic mass is 10.2. The number of fused-ring (bicyclic) bond motifs is 1. The summed E-state index contributed by atoms with van der Waals surface area (Å²) in [7, 11) is 0. The van der Waals surface area contributed by atoms with Crippen molar-refractivity contribution in [2.45, 2.75) is 6.54 Å². The number of halogens is 1. The van der Waals surface area contributed by atoms with Crippen LogP contribution in [0, 0.1) is 5.82 Å². The Kier molecular flexibility index (Phi) is 3.21. The summed E-state index contributed by atoms with van der Waals surface area (Å²) in [5.41, 5.74) is 2.91. The van der Waals surface area contributed by atoms with E-state index in [1.54, 1.807) is 12.1 Å². The second-order valence-electron chi connectivity index (χ2n) is 4.60. The summed E-state index contributed by atoms with van der Waals surface area (Å²) in [6, 6.07) is 14.3. The number of benzene rings is 2. The van der Waals surface area contributed by atoms with Gasteiger partial charge in [-0.3, -0.25) is 0 Å². The first-order valence-corrected chi connectivity index (χ1v) is 6.27. The lowest BCUT2D eigenvalue weighted by molar-refractivity contribution is 0.322. The average molecular weight is 268 g/mol. The van der Waals surface area contributed by atoms with E-state index in [9.17, 15) is 4.39 Å². The molecular weight excluding hydrogens is 255 g/mol. The molecule has 0 radical (unpaired) electrons. The van der Waals surface area contributed by atoms with Crippen molar-refractivity contribution in [2.75, 3.05) is 0 Å². The maximum absolute atomic E-state index is 12.9. The highest BCUT2D eigenvalue weighted by molar-refractivity contribution is 5.99. The van der Waals surface area contributed by atoms with E-state index in [0.717, 1.165) is 22.0 Å². The Morgan fingerprint density at radius 1 is 1.10 bits per heavy atom. The molecule has 2 aromatic carbocycles. The zero-order valence-electron chi connectivity index (χ0n) is 10.7. The van der Waals surface area contributed by atoms with Crippen LogP contribution >= 0.6 is 0 Å². The van der Waals surface area contributed by atoms with Gasteiger partial charge in [0.2, 0.25) is 0 Å². The molecule has 0 aliphatic rings. The van der Waals surface area contributed by atoms with E-state index in [-0.39, 0.29) is 5.82 Å². The van der Waals surface area contributed by atoms with E-state index in [0.29, 0.717) is 6.54 Å². The maximum Gasteiger partial charge on any atom is 0.123 e. The van der Waals surface area contributed by atoms with Crippen molar-refractivity contribution >= 4 is 17.1 Å². The monoisotopic (exact) mass is 268 g/mol. The molecule has 20 heavy (non-hydrogen) atoms. The third-order valence-corrected chi connectivity index (χ3v) is 3.28. The van der Waals surface area contributed by atoms with Gasteiger partial charge in [-0.15, -0.1) is 0 Å². The molecule has 1 aromatic heterocycles. The predicted octanol–water partition coefficient (Wildman–Crippen LogP) is 3.64. The van der Waals surface area contributed by atoms with E-state index in [1.165, 1.54) is 18.3 Å². The first-order valence-electron chi connectivity index (χ1n) is 6.27. The summed E-state index contributed by atoms with van der Waals surface area (Å²) < 4.78 is 15.0. The molecule has 0 spiro atoms. The highest BCUT2D eigenvalue weighted by atomic mass is 19.1. The molecule has 0 atom stereocenters. The van der Waals surface area contributed by atoms with Crippen molar-refractivity contribution in [2.24, 2.45) is 5.16 Å². The van der Waals surface area contributed by atoms with Gasteiger partial charge in [-0.1, -0.05) is 35.5 Å². The summed E-state index contributed by atoms with van der Waals surface area (Å²) in [6.45, 7) is 0.639. The molecule has 100 valence electrons. The van der Waals surface area contributed by atoms with Crippen molar-refractivity contribution in [3.63, 3.8) is 0 Å². The van der Waals surface area contributed by atoms with Crippen LogP contribution in [0.15, 0.2) is 59.9 Å². The van der Waals surface area contributed by atoms with Crippen LogP contribution < -0.4 is 0 Å². The van der Waals surface area contributed by atoms with Gasteiger partial charge in [-0.25, -0.2) is 4.39 Å². The number of hydrogen-bond acceptors (Lipinski definition) is 2. The first kappa shape index (κ1) is 12.4. The standard InChI is InChI=1S/C16H13FN2O/c17-14-7-5-12(6-8-14)10-19-11-13(9-18-20)15-3-1-2-4-16(15)19/h1-9,11,20H,10H2/b18-9-. The molecule has 3 aromatic rings. The highest BCUT2D eigenvalue weighted by Gasteiger charge is 2.07. The number of para-hydroxylation sites is 1. The second-order valence-corrected chi connectivity index (χ2v) is 4.60. The van der Waals surface area contributed by atoms with E-state index >= 15 is 0 Å². The van der Waals surface area contributed by atoms with Gasteiger partial charge < -0.3 is 9.77 Å². The van der Waals surface area contributed by atoms with E-state index in [1.807, 2.05) is 30.5 Å². The van der Waals surface area contributed by atoms with E-state index in [2.05, 4.69) is 9.72 Å². The van der Waals surface area contributed by atoms with Crippen LogP contribution in [0.4, 0.5) is 4.39 Å². The molecule has 0 aliphatic heterocycles. The van der Waals surface area contributed by atoms with Crippen molar-refractivity contribution in [1.29, 1.82) is 0 Å². The number of nitrogens with zero attached hydrogens (tertiary/aromatic N) is 2. The largest absolute Gasteiger partial charge is 0.411 e. The predicted molar refractivity (Wildman–Crippen MR) is 76.8 cm³/mol. The van der Waals surface area contributed by atoms with Crippen LogP contribution in [0.25, 0.3) is 10.9 Å². The summed E-state index contributed by atoms with van der Waals surface area (Å²) >= 11 is 0. The molecule has 0 amide bonds. The molecule has 1 N–H and O–H groups in total. The van der Waals surface area contributed by atoms with Gasteiger partial charge in [0.15, 0.2) is 0 Å². The van der Waals surface area contributed by atoms with Crippen LogP contribution in [0.5, 0.6) is 0 Å². The summed E-state index contributed by atoms with van der Waals surface area (Å²) in [6.07, 6.45) is 3.34. The third kappa shape index (κ3) is 2.28. The molecular formula is C16H13FN2O. The van der Waals surface area contributed by atoms with E-state index in [4.69, 9.17) is 5.21 Å². The van der Waals surface area contributed by atoms with Gasteiger partial charge in [0, 0.05) is 29.2 Å². The fraction of sp³-hybridized carbons (Fsp3) is 0.0625. The Morgan fingerprint density at radius 3 is 2.60 bits per heavy atom. The minimum absolute atomic E-state index is 0.237. The maximum atomic E-state index is 12.9. The Labute approximate surface area is 115 Å². The van der Waals surface area contributed by atoms with Crippen LogP contribution in [0.1, 0.15) is 11.1 Å². The lowest BCUT2D eigenvalue weighted by Gasteiger charge is -2.05. The Hall–Kier alpha value is -2.62. The average Bonchev–Trinajstić information content (AvgIpc) is 2.81. The van der Waals surface area contributed by atoms with Gasteiger partial charge in [-0.05, 0) is 23.8 Å². The van der Waals surface area contributed by atoms with Crippen molar-refractivity contribution in [1.82, 2.24) is 4.57 Å². The highest BCUT2D eigenvalue weighted by Crippen LogP contribution is 2.21. The number of oxime groups is 1. The van der Waals surface area contributed by atoms with Crippen molar-refractivity contribution in [3.8, 4) is 0 Å². The van der Waals surface area contributed by atoms with Crippen molar-refractivity contribution < 1.29 is 9.60 Å². The van der Waals surface area contributed by atoms with E-state index < -0.39 is 0 Å². The normalized spacial score (nSPS) is 11.4. The molecule has 4 heteroatoms.